The molecular formula is C12H16N4S. The van der Waals surface area contributed by atoms with Crippen molar-refractivity contribution < 1.29 is 0 Å². The molecule has 0 saturated carbocycles. The second-order valence-electron chi connectivity index (χ2n) is 4.26. The molecule has 0 radical (unpaired) electrons. The summed E-state index contributed by atoms with van der Waals surface area (Å²) in [6.07, 6.45) is 3.54. The van der Waals surface area contributed by atoms with Crippen LogP contribution in [-0.2, 0) is 6.54 Å². The number of hydrogen-bond acceptors (Lipinski definition) is 5. The Morgan fingerprint density at radius 2 is 2.00 bits per heavy atom. The smallest absolute Gasteiger partial charge is 0.147 e. The number of nitrogens with zero attached hydrogens (tertiary/aromatic N) is 3. The lowest BCUT2D eigenvalue weighted by molar-refractivity contribution is 0.550. The molecule has 90 valence electrons. The number of aromatic nitrogens is 3. The third-order valence-electron chi connectivity index (χ3n) is 2.22. The summed E-state index contributed by atoms with van der Waals surface area (Å²) in [7, 11) is 0. The van der Waals surface area contributed by atoms with E-state index in [1.165, 1.54) is 0 Å². The molecule has 0 aromatic carbocycles. The molecule has 1 N–H and O–H groups in total. The molecule has 2 rings (SSSR count). The molecule has 2 aromatic heterocycles. The minimum absolute atomic E-state index is 0.655. The Morgan fingerprint density at radius 1 is 1.24 bits per heavy atom. The van der Waals surface area contributed by atoms with Crippen molar-refractivity contribution in [2.24, 2.45) is 5.92 Å². The highest BCUT2D eigenvalue weighted by atomic mass is 32.1. The molecule has 0 saturated heterocycles. The monoisotopic (exact) mass is 248 g/mol. The van der Waals surface area contributed by atoms with Crippen LogP contribution >= 0.6 is 11.3 Å². The zero-order chi connectivity index (χ0) is 12.1. The van der Waals surface area contributed by atoms with Gasteiger partial charge < -0.3 is 5.32 Å². The average molecular weight is 248 g/mol. The van der Waals surface area contributed by atoms with Gasteiger partial charge in [-0.3, -0.25) is 4.98 Å². The van der Waals surface area contributed by atoms with Crippen LogP contribution in [0.5, 0.6) is 0 Å². The van der Waals surface area contributed by atoms with Gasteiger partial charge in [0.05, 0.1) is 0 Å². The number of rotatable bonds is 5. The van der Waals surface area contributed by atoms with Crippen LogP contribution in [0.25, 0.3) is 10.6 Å². The van der Waals surface area contributed by atoms with Gasteiger partial charge in [0.1, 0.15) is 10.0 Å². The number of hydrogen-bond donors (Lipinski definition) is 1. The summed E-state index contributed by atoms with van der Waals surface area (Å²) in [6.45, 7) is 6.18. The third-order valence-corrected chi connectivity index (χ3v) is 3.20. The van der Waals surface area contributed by atoms with Gasteiger partial charge in [0.2, 0.25) is 0 Å². The van der Waals surface area contributed by atoms with Crippen LogP contribution in [0, 0.1) is 5.92 Å². The van der Waals surface area contributed by atoms with E-state index in [1.807, 2.05) is 12.1 Å². The summed E-state index contributed by atoms with van der Waals surface area (Å²) in [6, 6.07) is 3.90. The van der Waals surface area contributed by atoms with Crippen molar-refractivity contribution in [3.05, 3.63) is 29.5 Å². The van der Waals surface area contributed by atoms with E-state index in [2.05, 4.69) is 34.3 Å². The maximum absolute atomic E-state index is 4.18. The quantitative estimate of drug-likeness (QED) is 0.882. The van der Waals surface area contributed by atoms with Gasteiger partial charge in [0.15, 0.2) is 0 Å². The normalized spacial score (nSPS) is 11.0. The van der Waals surface area contributed by atoms with Crippen molar-refractivity contribution >= 4 is 11.3 Å². The first-order valence-electron chi connectivity index (χ1n) is 5.69. The molecule has 17 heavy (non-hydrogen) atoms. The molecule has 0 amide bonds. The fourth-order valence-corrected chi connectivity index (χ4v) is 2.22. The van der Waals surface area contributed by atoms with E-state index < -0.39 is 0 Å². The summed E-state index contributed by atoms with van der Waals surface area (Å²) in [5.41, 5.74) is 1.08. The third kappa shape index (κ3) is 3.57. The second-order valence-corrected chi connectivity index (χ2v) is 5.32. The molecule has 0 aliphatic rings. The van der Waals surface area contributed by atoms with Crippen LogP contribution in [0.4, 0.5) is 0 Å². The van der Waals surface area contributed by atoms with Gasteiger partial charge in [-0.05, 0) is 24.6 Å². The largest absolute Gasteiger partial charge is 0.310 e. The van der Waals surface area contributed by atoms with Gasteiger partial charge in [-0.2, -0.15) is 0 Å². The fourth-order valence-electron chi connectivity index (χ4n) is 1.40. The van der Waals surface area contributed by atoms with Crippen molar-refractivity contribution in [2.75, 3.05) is 6.54 Å². The number of pyridine rings is 1. The molecular weight excluding hydrogens is 232 g/mol. The maximum Gasteiger partial charge on any atom is 0.147 e. The Bertz CT molecular complexity index is 453. The van der Waals surface area contributed by atoms with Crippen molar-refractivity contribution in [3.63, 3.8) is 0 Å². The van der Waals surface area contributed by atoms with Crippen molar-refractivity contribution in [3.8, 4) is 10.6 Å². The summed E-state index contributed by atoms with van der Waals surface area (Å²) in [5.74, 6) is 0.655. The summed E-state index contributed by atoms with van der Waals surface area (Å²) >= 11 is 1.63. The molecule has 0 aliphatic carbocycles. The van der Waals surface area contributed by atoms with Crippen molar-refractivity contribution in [2.45, 2.75) is 20.4 Å². The molecule has 0 spiro atoms. The van der Waals surface area contributed by atoms with E-state index in [9.17, 15) is 0 Å². The average Bonchev–Trinajstić information content (AvgIpc) is 2.78. The Balaban J connectivity index is 1.97. The van der Waals surface area contributed by atoms with Crippen molar-refractivity contribution in [1.29, 1.82) is 0 Å². The highest BCUT2D eigenvalue weighted by Gasteiger charge is 2.05. The van der Waals surface area contributed by atoms with Crippen LogP contribution in [-0.4, -0.2) is 21.7 Å². The first-order chi connectivity index (χ1) is 8.25. The molecule has 0 bridgehead atoms. The minimum Gasteiger partial charge on any atom is -0.310 e. The Hall–Kier alpha value is -1.33. The van der Waals surface area contributed by atoms with E-state index in [0.717, 1.165) is 28.7 Å². The maximum atomic E-state index is 4.18. The summed E-state index contributed by atoms with van der Waals surface area (Å²) in [5, 5.41) is 13.7. The van der Waals surface area contributed by atoms with Crippen LogP contribution in [0.1, 0.15) is 18.9 Å². The van der Waals surface area contributed by atoms with Gasteiger partial charge in [0, 0.05) is 24.5 Å². The van der Waals surface area contributed by atoms with Gasteiger partial charge in [-0.25, -0.2) is 0 Å². The predicted octanol–water partition coefficient (Wildman–Crippen LogP) is 2.35. The Kier molecular flexibility index (Phi) is 4.17. The Morgan fingerprint density at radius 3 is 2.71 bits per heavy atom. The van der Waals surface area contributed by atoms with Crippen LogP contribution < -0.4 is 5.32 Å². The van der Waals surface area contributed by atoms with Crippen LogP contribution in [0.15, 0.2) is 24.5 Å². The van der Waals surface area contributed by atoms with E-state index >= 15 is 0 Å². The topological polar surface area (TPSA) is 50.7 Å². The zero-order valence-corrected chi connectivity index (χ0v) is 10.9. The standard InChI is InChI=1S/C12H16N4S/c1-9(2)7-14-8-11-15-16-12(17-11)10-3-5-13-6-4-10/h3-6,9,14H,7-8H2,1-2H3. The molecule has 0 unspecified atom stereocenters. The summed E-state index contributed by atoms with van der Waals surface area (Å²) < 4.78 is 0. The van der Waals surface area contributed by atoms with Crippen molar-refractivity contribution in [1.82, 2.24) is 20.5 Å². The molecule has 0 atom stereocenters. The highest BCUT2D eigenvalue weighted by molar-refractivity contribution is 7.14. The van der Waals surface area contributed by atoms with Gasteiger partial charge in [-0.1, -0.05) is 25.2 Å². The molecule has 0 fully saturated rings. The zero-order valence-electron chi connectivity index (χ0n) is 10.1. The molecule has 4 nitrogen and oxygen atoms in total. The molecule has 5 heteroatoms. The molecule has 2 aromatic rings. The van der Waals surface area contributed by atoms with E-state index in [4.69, 9.17) is 0 Å². The lowest BCUT2D eigenvalue weighted by Gasteiger charge is -2.03. The highest BCUT2D eigenvalue weighted by Crippen LogP contribution is 2.22. The van der Waals surface area contributed by atoms with E-state index in [1.54, 1.807) is 23.7 Å². The van der Waals surface area contributed by atoms with E-state index in [-0.39, 0.29) is 0 Å². The molecule has 0 aliphatic heterocycles. The lowest BCUT2D eigenvalue weighted by atomic mass is 10.2. The van der Waals surface area contributed by atoms with Gasteiger partial charge in [0.25, 0.3) is 0 Å². The van der Waals surface area contributed by atoms with Crippen LogP contribution in [0.2, 0.25) is 0 Å². The van der Waals surface area contributed by atoms with E-state index in [0.29, 0.717) is 5.92 Å². The SMILES string of the molecule is CC(C)CNCc1nnc(-c2ccncc2)s1. The second kappa shape index (κ2) is 5.84. The minimum atomic E-state index is 0.655. The number of nitrogens with one attached hydrogen (secondary N) is 1. The predicted molar refractivity (Wildman–Crippen MR) is 69.7 cm³/mol. The first kappa shape index (κ1) is 12.1. The van der Waals surface area contributed by atoms with Gasteiger partial charge >= 0.3 is 0 Å². The van der Waals surface area contributed by atoms with Gasteiger partial charge in [-0.15, -0.1) is 10.2 Å². The lowest BCUT2D eigenvalue weighted by Crippen LogP contribution is -2.18. The molecule has 2 heterocycles. The fraction of sp³-hybridized carbons (Fsp3) is 0.417. The first-order valence-corrected chi connectivity index (χ1v) is 6.51. The summed E-state index contributed by atoms with van der Waals surface area (Å²) in [4.78, 5) is 3.99. The Labute approximate surface area is 105 Å². The van der Waals surface area contributed by atoms with Crippen LogP contribution in [0.3, 0.4) is 0 Å².